The Labute approximate surface area is 266 Å². The summed E-state index contributed by atoms with van der Waals surface area (Å²) in [4.78, 5) is 17.1. The van der Waals surface area contributed by atoms with E-state index in [2.05, 4.69) is 38.6 Å². The van der Waals surface area contributed by atoms with E-state index in [1.165, 1.54) is 6.20 Å². The fraction of sp³-hybridized carbons (Fsp3) is 0.500. The maximum Gasteiger partial charge on any atom is 0.407 e. The molecule has 10 nitrogen and oxygen atoms in total. The number of nitrogens with one attached hydrogen (secondary N) is 3. The summed E-state index contributed by atoms with van der Waals surface area (Å²) in [6.45, 7) is 4.65. The molecular weight excluding hydrogens is 588 g/mol. The van der Waals surface area contributed by atoms with Crippen LogP contribution in [0, 0.1) is 34.5 Å². The predicted molar refractivity (Wildman–Crippen MR) is 175 cm³/mol. The van der Waals surface area contributed by atoms with Crippen LogP contribution in [0.15, 0.2) is 70.6 Å². The second kappa shape index (κ2) is 14.0. The molecule has 3 N–H and O–H groups in total. The number of rotatable bonds is 11. The topological polar surface area (TPSA) is 139 Å². The smallest absolute Gasteiger partial charge is 0.407 e. The van der Waals surface area contributed by atoms with Gasteiger partial charge in [0.2, 0.25) is 9.84 Å². The number of amides is 1. The van der Waals surface area contributed by atoms with Crippen LogP contribution in [-0.2, 0) is 20.0 Å². The van der Waals surface area contributed by atoms with Crippen LogP contribution in [0.5, 0.6) is 0 Å². The minimum atomic E-state index is -3.74. The minimum absolute atomic E-state index is 0.0451. The lowest BCUT2D eigenvalue weighted by Gasteiger charge is -2.47. The highest BCUT2D eigenvalue weighted by atomic mass is 32.2. The van der Waals surface area contributed by atoms with Crippen LogP contribution in [0.25, 0.3) is 0 Å². The Kier molecular flexibility index (Phi) is 10.1. The van der Waals surface area contributed by atoms with Gasteiger partial charge in [-0.05, 0) is 80.9 Å². The van der Waals surface area contributed by atoms with Gasteiger partial charge >= 0.3 is 6.09 Å². The van der Waals surface area contributed by atoms with E-state index in [4.69, 9.17) is 10.1 Å². The minimum Gasteiger partial charge on any atom is -0.446 e. The van der Waals surface area contributed by atoms with E-state index in [0.29, 0.717) is 5.92 Å². The summed E-state index contributed by atoms with van der Waals surface area (Å²) in [6.07, 6.45) is 5.86. The van der Waals surface area contributed by atoms with E-state index in [-0.39, 0.29) is 27.7 Å². The van der Waals surface area contributed by atoms with Gasteiger partial charge in [0.15, 0.2) is 0 Å². The number of carbonyl (C=O) groups excluding carboxylic acids is 1. The Bertz CT molecular complexity index is 1510. The zero-order valence-corrected chi connectivity index (χ0v) is 26.9. The number of carbonyl (C=O) groups is 1. The number of alkyl carbamates (subject to hydrolysis) is 1. The molecule has 11 heteroatoms. The molecule has 1 aliphatic carbocycles. The van der Waals surface area contributed by atoms with E-state index in [0.717, 1.165) is 82.3 Å². The van der Waals surface area contributed by atoms with E-state index in [1.54, 1.807) is 26.2 Å². The summed E-state index contributed by atoms with van der Waals surface area (Å²) in [5.74, 6) is 0.642. The number of nitrogens with zero attached hydrogens (tertiary/aromatic N) is 3. The number of benzene rings is 2. The third-order valence-corrected chi connectivity index (χ3v) is 11.6. The molecule has 5 rings (SSSR count). The number of hydrogen-bond acceptors (Lipinski definition) is 9. The van der Waals surface area contributed by atoms with Crippen LogP contribution >= 0.6 is 0 Å². The van der Waals surface area contributed by atoms with Crippen molar-refractivity contribution in [1.82, 2.24) is 15.5 Å². The highest BCUT2D eigenvalue weighted by Crippen LogP contribution is 2.51. The van der Waals surface area contributed by atoms with Gasteiger partial charge < -0.3 is 30.6 Å². The zero-order chi connectivity index (χ0) is 32.0. The predicted octanol–water partition coefficient (Wildman–Crippen LogP) is 4.31. The second-order valence-electron chi connectivity index (χ2n) is 12.4. The Morgan fingerprint density at radius 1 is 1.07 bits per heavy atom. The van der Waals surface area contributed by atoms with Gasteiger partial charge in [0.1, 0.15) is 11.0 Å². The van der Waals surface area contributed by atoms with Crippen LogP contribution < -0.4 is 15.5 Å². The molecule has 2 saturated heterocycles. The van der Waals surface area contributed by atoms with Crippen molar-refractivity contribution in [1.29, 1.82) is 10.7 Å². The maximum atomic E-state index is 12.8. The molecule has 240 valence electrons. The van der Waals surface area contributed by atoms with E-state index in [1.807, 2.05) is 30.3 Å². The first-order chi connectivity index (χ1) is 21.8. The Hall–Kier alpha value is -3.88. The Morgan fingerprint density at radius 3 is 2.36 bits per heavy atom. The molecule has 0 aromatic heterocycles. The van der Waals surface area contributed by atoms with Crippen LogP contribution in [-0.4, -0.2) is 78.5 Å². The van der Waals surface area contributed by atoms with E-state index >= 15 is 0 Å². The Morgan fingerprint density at radius 2 is 1.76 bits per heavy atom. The fourth-order valence-electron chi connectivity index (χ4n) is 7.63. The second-order valence-corrected chi connectivity index (χ2v) is 14.4. The van der Waals surface area contributed by atoms with Crippen molar-refractivity contribution in [2.24, 2.45) is 17.8 Å². The molecule has 2 heterocycles. The normalized spacial score (nSPS) is 23.0. The average Bonchev–Trinajstić information content (AvgIpc) is 3.51. The fourth-order valence-corrected chi connectivity index (χ4v) is 8.83. The van der Waals surface area contributed by atoms with Crippen LogP contribution in [0.3, 0.4) is 0 Å². The van der Waals surface area contributed by atoms with E-state index < -0.39 is 21.3 Å². The number of ether oxygens (including phenoxy) is 1. The summed E-state index contributed by atoms with van der Waals surface area (Å²) in [7, 11) is -0.565. The average molecular weight is 633 g/mol. The van der Waals surface area contributed by atoms with Crippen molar-refractivity contribution in [2.75, 3.05) is 51.7 Å². The molecule has 0 bridgehead atoms. The first-order valence-electron chi connectivity index (χ1n) is 15.8. The van der Waals surface area contributed by atoms with Crippen molar-refractivity contribution in [3.05, 3.63) is 71.3 Å². The molecule has 0 spiro atoms. The number of allylic oxidation sites excluding steroid dienone is 1. The van der Waals surface area contributed by atoms with Crippen LogP contribution in [0.2, 0.25) is 0 Å². The molecule has 2 aliphatic heterocycles. The lowest BCUT2D eigenvalue weighted by atomic mass is 9.59. The molecule has 2 aromatic carbocycles. The van der Waals surface area contributed by atoms with Gasteiger partial charge in [0.25, 0.3) is 0 Å². The number of piperidine rings is 1. The highest BCUT2D eigenvalue weighted by Gasteiger charge is 2.53. The van der Waals surface area contributed by atoms with Gasteiger partial charge in [-0.15, -0.1) is 0 Å². The maximum absolute atomic E-state index is 12.8. The summed E-state index contributed by atoms with van der Waals surface area (Å²) >= 11 is 0. The number of anilines is 1. The molecule has 3 fully saturated rings. The zero-order valence-electron chi connectivity index (χ0n) is 26.1. The van der Waals surface area contributed by atoms with Crippen molar-refractivity contribution >= 4 is 27.8 Å². The number of hydrogen-bond donors (Lipinski definition) is 3. The molecule has 2 aromatic rings. The number of sulfone groups is 1. The molecular formula is C34H44N6O4S. The van der Waals surface area contributed by atoms with Gasteiger partial charge in [-0.25, -0.2) is 13.2 Å². The van der Waals surface area contributed by atoms with Gasteiger partial charge in [-0.2, -0.15) is 5.26 Å². The van der Waals surface area contributed by atoms with Crippen molar-refractivity contribution in [3.63, 3.8) is 0 Å². The summed E-state index contributed by atoms with van der Waals surface area (Å²) in [5, 5.41) is 23.6. The highest BCUT2D eigenvalue weighted by molar-refractivity contribution is 7.96. The first-order valence-corrected chi connectivity index (χ1v) is 17.3. The lowest BCUT2D eigenvalue weighted by molar-refractivity contribution is 0.0307. The molecule has 1 amide bonds. The monoisotopic (exact) mass is 632 g/mol. The number of nitriles is 1. The summed E-state index contributed by atoms with van der Waals surface area (Å²) in [5.41, 5.74) is 1.31. The molecule has 0 radical (unpaired) electrons. The first kappa shape index (κ1) is 32.5. The van der Waals surface area contributed by atoms with Crippen molar-refractivity contribution in [2.45, 2.75) is 48.5 Å². The van der Waals surface area contributed by atoms with Crippen molar-refractivity contribution < 1.29 is 17.9 Å². The number of likely N-dealkylation sites (tertiary alicyclic amines) is 1. The molecule has 3 atom stereocenters. The third kappa shape index (κ3) is 6.58. The third-order valence-electron chi connectivity index (χ3n) is 9.89. The van der Waals surface area contributed by atoms with Gasteiger partial charge in [-0.1, -0.05) is 30.3 Å². The molecule has 1 saturated carbocycles. The van der Waals surface area contributed by atoms with E-state index in [9.17, 15) is 18.5 Å². The SMILES string of the molecule is CN/C=C(\C=N)S(=O)(=O)c1ccc(N2CC(CN3CCC(C(C#N)(c4ccccc4)[C@@H]4CCC[C@H]4OC(=O)NC)CC3)C2)cc1. The Balaban J connectivity index is 1.20. The summed E-state index contributed by atoms with van der Waals surface area (Å²) < 4.78 is 31.4. The molecule has 3 aliphatic rings. The lowest BCUT2D eigenvalue weighted by Crippen LogP contribution is -2.54. The van der Waals surface area contributed by atoms with Gasteiger partial charge in [-0.3, -0.25) is 0 Å². The van der Waals surface area contributed by atoms with Crippen LogP contribution in [0.4, 0.5) is 10.5 Å². The van der Waals surface area contributed by atoms with Crippen molar-refractivity contribution in [3.8, 4) is 6.07 Å². The van der Waals surface area contributed by atoms with Crippen LogP contribution in [0.1, 0.15) is 37.7 Å². The standard InChI is InChI=1S/C34H44N6O4S/c1-37-20-30(19-35)45(42,43)29-13-11-28(12-14-29)40-22-25(23-40)21-39-17-15-27(16-18-39)34(24-36,26-7-4-3-5-8-26)31-9-6-10-32(31)44-33(41)38-2/h3-5,7-8,11-14,19-20,25,27,31-32,35,37H,6,9-10,15-18,21-23H2,1-2H3,(H,38,41)/b30-20+,35-19?/t31-,32-,34?/m1/s1. The quantitative estimate of drug-likeness (QED) is 0.312. The van der Waals surface area contributed by atoms with Gasteiger partial charge in [0.05, 0.1) is 16.4 Å². The summed E-state index contributed by atoms with van der Waals surface area (Å²) in [6, 6.07) is 19.8. The largest absolute Gasteiger partial charge is 0.446 e. The van der Waals surface area contributed by atoms with Gasteiger partial charge in [0, 0.05) is 63.7 Å². The molecule has 45 heavy (non-hydrogen) atoms. The molecule has 1 unspecified atom stereocenters.